The Kier molecular flexibility index (Phi) is 6.68. The van der Waals surface area contributed by atoms with E-state index in [9.17, 15) is 13.2 Å². The Balaban J connectivity index is 2.63. The van der Waals surface area contributed by atoms with E-state index in [4.69, 9.17) is 0 Å². The predicted molar refractivity (Wildman–Crippen MR) is 80.1 cm³/mol. The minimum absolute atomic E-state index is 0.234. The minimum Gasteiger partial charge on any atom is -0.311 e. The fourth-order valence-corrected chi connectivity index (χ4v) is 2.35. The summed E-state index contributed by atoms with van der Waals surface area (Å²) in [4.78, 5) is 2.11. The molecule has 0 bridgehead atoms. The molecule has 2 nitrogen and oxygen atoms in total. The molecule has 0 saturated heterocycles. The van der Waals surface area contributed by atoms with Crippen LogP contribution in [0, 0.1) is 5.92 Å². The van der Waals surface area contributed by atoms with Gasteiger partial charge in [-0.05, 0) is 38.1 Å². The standard InChI is InChI=1S/C16H25F3N2/c1-12(2)9-14(21(3)4)11-20-10-13-7-5-6-8-15(13)16(17,18)19/h5-8,12,14,20H,9-11H2,1-4H3. The molecular formula is C16H25F3N2. The maximum atomic E-state index is 12.9. The van der Waals surface area contributed by atoms with Crippen molar-refractivity contribution in [1.82, 2.24) is 10.2 Å². The SMILES string of the molecule is CC(C)CC(CNCc1ccccc1C(F)(F)F)N(C)C. The number of hydrogen-bond donors (Lipinski definition) is 1. The van der Waals surface area contributed by atoms with Gasteiger partial charge >= 0.3 is 6.18 Å². The van der Waals surface area contributed by atoms with E-state index in [1.165, 1.54) is 12.1 Å². The summed E-state index contributed by atoms with van der Waals surface area (Å²) in [6.45, 7) is 5.21. The van der Waals surface area contributed by atoms with Gasteiger partial charge in [-0.25, -0.2) is 0 Å². The summed E-state index contributed by atoms with van der Waals surface area (Å²) >= 11 is 0. The second-order valence-electron chi connectivity index (χ2n) is 6.03. The van der Waals surface area contributed by atoms with Crippen LogP contribution in [0.1, 0.15) is 31.4 Å². The van der Waals surface area contributed by atoms with Crippen LogP contribution in [-0.2, 0) is 12.7 Å². The summed E-state index contributed by atoms with van der Waals surface area (Å²) < 4.78 is 38.7. The monoisotopic (exact) mass is 302 g/mol. The molecule has 0 heterocycles. The van der Waals surface area contributed by atoms with E-state index in [1.807, 2.05) is 14.1 Å². The summed E-state index contributed by atoms with van der Waals surface area (Å²) in [5, 5.41) is 3.16. The molecule has 0 saturated carbocycles. The number of hydrogen-bond acceptors (Lipinski definition) is 2. The summed E-state index contributed by atoms with van der Waals surface area (Å²) in [6, 6.07) is 6.05. The summed E-state index contributed by atoms with van der Waals surface area (Å²) in [5.41, 5.74) is -0.255. The molecule has 0 aromatic heterocycles. The van der Waals surface area contributed by atoms with E-state index in [2.05, 4.69) is 24.1 Å². The second-order valence-corrected chi connectivity index (χ2v) is 6.03. The van der Waals surface area contributed by atoms with Gasteiger partial charge in [0.25, 0.3) is 0 Å². The molecule has 0 fully saturated rings. The van der Waals surface area contributed by atoms with E-state index in [0.717, 1.165) is 12.5 Å². The molecule has 0 radical (unpaired) electrons. The third kappa shape index (κ3) is 6.06. The first-order chi connectivity index (χ1) is 9.71. The van der Waals surface area contributed by atoms with Crippen LogP contribution < -0.4 is 5.32 Å². The Hall–Kier alpha value is -1.07. The molecule has 1 unspecified atom stereocenters. The fourth-order valence-electron chi connectivity index (χ4n) is 2.35. The molecule has 0 amide bonds. The maximum Gasteiger partial charge on any atom is 0.416 e. The first-order valence-electron chi connectivity index (χ1n) is 7.24. The van der Waals surface area contributed by atoms with Crippen LogP contribution >= 0.6 is 0 Å². The van der Waals surface area contributed by atoms with Crippen molar-refractivity contribution in [2.45, 2.75) is 39.0 Å². The van der Waals surface area contributed by atoms with Crippen LogP contribution in [0.2, 0.25) is 0 Å². The van der Waals surface area contributed by atoms with Crippen molar-refractivity contribution in [2.24, 2.45) is 5.92 Å². The van der Waals surface area contributed by atoms with Gasteiger partial charge in [0, 0.05) is 19.1 Å². The van der Waals surface area contributed by atoms with Gasteiger partial charge in [-0.3, -0.25) is 0 Å². The zero-order chi connectivity index (χ0) is 16.0. The third-order valence-electron chi connectivity index (χ3n) is 3.49. The first kappa shape index (κ1) is 18.0. The molecule has 0 aliphatic heterocycles. The van der Waals surface area contributed by atoms with E-state index >= 15 is 0 Å². The highest BCUT2D eigenvalue weighted by Gasteiger charge is 2.32. The van der Waals surface area contributed by atoms with Crippen LogP contribution in [-0.4, -0.2) is 31.6 Å². The molecule has 1 aromatic carbocycles. The van der Waals surface area contributed by atoms with E-state index in [-0.39, 0.29) is 6.54 Å². The lowest BCUT2D eigenvalue weighted by Gasteiger charge is -2.26. The number of alkyl halides is 3. The highest BCUT2D eigenvalue weighted by atomic mass is 19.4. The highest BCUT2D eigenvalue weighted by molar-refractivity contribution is 5.29. The van der Waals surface area contributed by atoms with Crippen molar-refractivity contribution in [3.63, 3.8) is 0 Å². The molecule has 1 atom stereocenters. The van der Waals surface area contributed by atoms with Crippen LogP contribution in [0.3, 0.4) is 0 Å². The van der Waals surface area contributed by atoms with Gasteiger partial charge in [-0.1, -0.05) is 32.0 Å². The highest BCUT2D eigenvalue weighted by Crippen LogP contribution is 2.31. The van der Waals surface area contributed by atoms with Crippen molar-refractivity contribution in [1.29, 1.82) is 0 Å². The Bertz CT molecular complexity index is 428. The third-order valence-corrected chi connectivity index (χ3v) is 3.49. The van der Waals surface area contributed by atoms with Gasteiger partial charge in [0.1, 0.15) is 0 Å². The van der Waals surface area contributed by atoms with Gasteiger partial charge in [0.05, 0.1) is 5.56 Å². The van der Waals surface area contributed by atoms with Crippen LogP contribution in [0.25, 0.3) is 0 Å². The van der Waals surface area contributed by atoms with Gasteiger partial charge in [-0.15, -0.1) is 0 Å². The topological polar surface area (TPSA) is 15.3 Å². The Morgan fingerprint density at radius 3 is 2.29 bits per heavy atom. The molecule has 120 valence electrons. The number of nitrogens with one attached hydrogen (secondary N) is 1. The average molecular weight is 302 g/mol. The average Bonchev–Trinajstić information content (AvgIpc) is 2.36. The molecule has 21 heavy (non-hydrogen) atoms. The molecule has 0 aliphatic carbocycles. The van der Waals surface area contributed by atoms with Crippen molar-refractivity contribution in [3.8, 4) is 0 Å². The van der Waals surface area contributed by atoms with Gasteiger partial charge in [-0.2, -0.15) is 13.2 Å². The van der Waals surface area contributed by atoms with Crippen LogP contribution in [0.4, 0.5) is 13.2 Å². The molecular weight excluding hydrogens is 277 g/mol. The van der Waals surface area contributed by atoms with Crippen molar-refractivity contribution >= 4 is 0 Å². The maximum absolute atomic E-state index is 12.9. The van der Waals surface area contributed by atoms with E-state index in [1.54, 1.807) is 6.07 Å². The summed E-state index contributed by atoms with van der Waals surface area (Å²) in [6.07, 6.45) is -3.28. The lowest BCUT2D eigenvalue weighted by molar-refractivity contribution is -0.138. The predicted octanol–water partition coefficient (Wildman–Crippen LogP) is 3.77. The van der Waals surface area contributed by atoms with Crippen molar-refractivity contribution in [3.05, 3.63) is 35.4 Å². The number of rotatable bonds is 7. The van der Waals surface area contributed by atoms with Gasteiger partial charge < -0.3 is 10.2 Å². The lowest BCUT2D eigenvalue weighted by Crippen LogP contribution is -2.38. The normalized spacial score (nSPS) is 14.0. The molecule has 0 aliphatic rings. The lowest BCUT2D eigenvalue weighted by atomic mass is 10.0. The van der Waals surface area contributed by atoms with Crippen LogP contribution in [0.5, 0.6) is 0 Å². The number of halogens is 3. The Labute approximate surface area is 125 Å². The van der Waals surface area contributed by atoms with Crippen LogP contribution in [0.15, 0.2) is 24.3 Å². The molecule has 5 heteroatoms. The number of nitrogens with zero attached hydrogens (tertiary/aromatic N) is 1. The zero-order valence-corrected chi connectivity index (χ0v) is 13.2. The van der Waals surface area contributed by atoms with Gasteiger partial charge in [0.15, 0.2) is 0 Å². The smallest absolute Gasteiger partial charge is 0.311 e. The van der Waals surface area contributed by atoms with Gasteiger partial charge in [0.2, 0.25) is 0 Å². The summed E-state index contributed by atoms with van der Waals surface area (Å²) in [7, 11) is 4.00. The quantitative estimate of drug-likeness (QED) is 0.825. The minimum atomic E-state index is -4.29. The Morgan fingerprint density at radius 2 is 1.76 bits per heavy atom. The molecule has 1 N–H and O–H groups in total. The second kappa shape index (κ2) is 7.80. The Morgan fingerprint density at radius 1 is 1.14 bits per heavy atom. The van der Waals surface area contributed by atoms with Crippen molar-refractivity contribution in [2.75, 3.05) is 20.6 Å². The number of benzene rings is 1. The molecule has 0 spiro atoms. The zero-order valence-electron chi connectivity index (χ0n) is 13.2. The largest absolute Gasteiger partial charge is 0.416 e. The molecule has 1 rings (SSSR count). The van der Waals surface area contributed by atoms with E-state index < -0.39 is 11.7 Å². The fraction of sp³-hybridized carbons (Fsp3) is 0.625. The van der Waals surface area contributed by atoms with E-state index in [0.29, 0.717) is 24.1 Å². The number of likely N-dealkylation sites (N-methyl/N-ethyl adjacent to an activating group) is 1. The first-order valence-corrected chi connectivity index (χ1v) is 7.24. The summed E-state index contributed by atoms with van der Waals surface area (Å²) in [5.74, 6) is 0.557. The molecule has 1 aromatic rings. The van der Waals surface area contributed by atoms with Crippen molar-refractivity contribution < 1.29 is 13.2 Å².